The first-order valence-corrected chi connectivity index (χ1v) is 6.79. The van der Waals surface area contributed by atoms with E-state index in [0.717, 1.165) is 4.70 Å². The van der Waals surface area contributed by atoms with Gasteiger partial charge in [0.25, 0.3) is 0 Å². The fourth-order valence-electron chi connectivity index (χ4n) is 2.03. The van der Waals surface area contributed by atoms with Crippen LogP contribution in [0.2, 0.25) is 5.02 Å². The summed E-state index contributed by atoms with van der Waals surface area (Å²) >= 11 is 7.23. The van der Waals surface area contributed by atoms with Crippen molar-refractivity contribution in [2.45, 2.75) is 0 Å². The summed E-state index contributed by atoms with van der Waals surface area (Å²) in [6.45, 7) is 0. The third kappa shape index (κ3) is 1.92. The molecule has 2 aromatic heterocycles. The van der Waals surface area contributed by atoms with E-state index in [1.54, 1.807) is 18.2 Å². The summed E-state index contributed by atoms with van der Waals surface area (Å²) in [7, 11) is 0. The molecule has 0 amide bonds. The van der Waals surface area contributed by atoms with Crippen molar-refractivity contribution >= 4 is 45.3 Å². The minimum atomic E-state index is -1.10. The number of carbonyl (C=O) groups excluding carboxylic acids is 1. The van der Waals surface area contributed by atoms with Crippen LogP contribution in [0.3, 0.4) is 0 Å². The molecular formula is C14H7ClO4S. The molecule has 20 heavy (non-hydrogen) atoms. The maximum absolute atomic E-state index is 11.4. The molecule has 3 aromatic rings. The molecule has 1 aromatic carbocycles. The number of hydrogen-bond donors (Lipinski definition) is 1. The Morgan fingerprint density at radius 3 is 2.85 bits per heavy atom. The number of aromatic carboxylic acids is 1. The smallest absolute Gasteiger partial charge is 0.339 e. The highest BCUT2D eigenvalue weighted by Crippen LogP contribution is 2.40. The second-order valence-corrected chi connectivity index (χ2v) is 5.56. The molecule has 0 bridgehead atoms. The largest absolute Gasteiger partial charge is 0.478 e. The number of benzene rings is 1. The highest BCUT2D eigenvalue weighted by molar-refractivity contribution is 7.22. The molecule has 4 nitrogen and oxygen atoms in total. The van der Waals surface area contributed by atoms with Crippen LogP contribution < -0.4 is 0 Å². The lowest BCUT2D eigenvalue weighted by Gasteiger charge is -1.97. The molecule has 6 heteroatoms. The van der Waals surface area contributed by atoms with Gasteiger partial charge in [-0.2, -0.15) is 0 Å². The van der Waals surface area contributed by atoms with Crippen LogP contribution in [0.4, 0.5) is 0 Å². The lowest BCUT2D eigenvalue weighted by molar-refractivity contribution is 0.0697. The van der Waals surface area contributed by atoms with E-state index in [2.05, 4.69) is 0 Å². The average Bonchev–Trinajstić information content (AvgIpc) is 3.01. The molecule has 0 fully saturated rings. The Balaban J connectivity index is 2.33. The van der Waals surface area contributed by atoms with E-state index in [4.69, 9.17) is 21.1 Å². The van der Waals surface area contributed by atoms with Crippen LogP contribution in [0.1, 0.15) is 20.7 Å². The van der Waals surface area contributed by atoms with E-state index >= 15 is 0 Å². The van der Waals surface area contributed by atoms with Crippen molar-refractivity contribution in [3.8, 4) is 10.6 Å². The monoisotopic (exact) mass is 306 g/mol. The van der Waals surface area contributed by atoms with Gasteiger partial charge in [0.1, 0.15) is 5.56 Å². The van der Waals surface area contributed by atoms with Crippen LogP contribution in [0, 0.1) is 0 Å². The quantitative estimate of drug-likeness (QED) is 0.731. The molecule has 0 radical (unpaired) electrons. The molecule has 0 saturated carbocycles. The fraction of sp³-hybridized carbons (Fsp3) is 0. The topological polar surface area (TPSA) is 67.5 Å². The summed E-state index contributed by atoms with van der Waals surface area (Å²) < 4.78 is 6.10. The molecule has 0 aliphatic heterocycles. The number of hydrogen-bond acceptors (Lipinski definition) is 4. The molecule has 0 atom stereocenters. The molecule has 1 N–H and O–H groups in total. The third-order valence-corrected chi connectivity index (χ3v) is 4.33. The van der Waals surface area contributed by atoms with E-state index < -0.39 is 5.97 Å². The van der Waals surface area contributed by atoms with E-state index in [-0.39, 0.29) is 11.3 Å². The Morgan fingerprint density at radius 2 is 2.15 bits per heavy atom. The zero-order chi connectivity index (χ0) is 14.3. The molecule has 0 saturated heterocycles. The van der Waals surface area contributed by atoms with Gasteiger partial charge in [-0.25, -0.2) is 4.79 Å². The summed E-state index contributed by atoms with van der Waals surface area (Å²) in [4.78, 5) is 23.0. The van der Waals surface area contributed by atoms with Gasteiger partial charge in [0, 0.05) is 20.7 Å². The van der Waals surface area contributed by atoms with Gasteiger partial charge in [-0.3, -0.25) is 4.79 Å². The standard InChI is InChI=1S/C14H7ClO4S/c15-7-1-2-11-9(5-7)10(6-16)13(20-11)12-8(14(17)18)3-4-19-12/h1-6H,(H,17,18). The number of rotatable bonds is 3. The molecule has 0 aliphatic rings. The minimum absolute atomic E-state index is 0.0331. The highest BCUT2D eigenvalue weighted by atomic mass is 35.5. The van der Waals surface area contributed by atoms with E-state index in [0.29, 0.717) is 27.1 Å². The van der Waals surface area contributed by atoms with Crippen LogP contribution in [0.5, 0.6) is 0 Å². The normalized spacial score (nSPS) is 10.8. The van der Waals surface area contributed by atoms with Crippen molar-refractivity contribution in [3.05, 3.63) is 46.7 Å². The van der Waals surface area contributed by atoms with Gasteiger partial charge in [0.2, 0.25) is 0 Å². The minimum Gasteiger partial charge on any atom is -0.478 e. The lowest BCUT2D eigenvalue weighted by atomic mass is 10.1. The number of carbonyl (C=O) groups is 2. The summed E-state index contributed by atoms with van der Waals surface area (Å²) in [6.07, 6.45) is 1.99. The number of thiophene rings is 1. The Morgan fingerprint density at radius 1 is 1.35 bits per heavy atom. The van der Waals surface area contributed by atoms with E-state index in [9.17, 15) is 9.59 Å². The molecule has 0 aliphatic carbocycles. The summed E-state index contributed by atoms with van der Waals surface area (Å²) in [5.41, 5.74) is 0.427. The van der Waals surface area contributed by atoms with Crippen LogP contribution in [-0.2, 0) is 0 Å². The number of fused-ring (bicyclic) bond motifs is 1. The Bertz CT molecular complexity index is 831. The van der Waals surface area contributed by atoms with Crippen molar-refractivity contribution in [1.29, 1.82) is 0 Å². The van der Waals surface area contributed by atoms with Gasteiger partial charge in [-0.15, -0.1) is 11.3 Å². The zero-order valence-corrected chi connectivity index (χ0v) is 11.5. The van der Waals surface area contributed by atoms with Gasteiger partial charge in [0.15, 0.2) is 12.0 Å². The van der Waals surface area contributed by atoms with Crippen molar-refractivity contribution in [2.24, 2.45) is 0 Å². The first kappa shape index (κ1) is 12.9. The van der Waals surface area contributed by atoms with Crippen molar-refractivity contribution < 1.29 is 19.1 Å². The Labute approximate surface area is 122 Å². The number of halogens is 1. The predicted octanol–water partition coefficient (Wildman–Crippen LogP) is 4.33. The zero-order valence-electron chi connectivity index (χ0n) is 9.92. The maximum atomic E-state index is 11.4. The van der Waals surface area contributed by atoms with Crippen molar-refractivity contribution in [3.63, 3.8) is 0 Å². The molecule has 2 heterocycles. The predicted molar refractivity (Wildman–Crippen MR) is 76.9 cm³/mol. The molecule has 0 unspecified atom stereocenters. The highest BCUT2D eigenvalue weighted by Gasteiger charge is 2.22. The number of furan rings is 1. The second-order valence-electron chi connectivity index (χ2n) is 4.07. The fourth-order valence-corrected chi connectivity index (χ4v) is 3.35. The van der Waals surface area contributed by atoms with Gasteiger partial charge >= 0.3 is 5.97 Å². The molecular weight excluding hydrogens is 300 g/mol. The van der Waals surface area contributed by atoms with Crippen LogP contribution >= 0.6 is 22.9 Å². The Hall–Kier alpha value is -2.11. The SMILES string of the molecule is O=Cc1c(-c2occc2C(=O)O)sc2ccc(Cl)cc12. The first-order valence-electron chi connectivity index (χ1n) is 5.60. The van der Waals surface area contributed by atoms with Gasteiger partial charge in [-0.1, -0.05) is 11.6 Å². The van der Waals surface area contributed by atoms with Gasteiger partial charge in [-0.05, 0) is 24.3 Å². The van der Waals surface area contributed by atoms with Crippen LogP contribution in [0.25, 0.3) is 20.7 Å². The maximum Gasteiger partial charge on any atom is 0.339 e. The summed E-state index contributed by atoms with van der Waals surface area (Å²) in [5, 5.41) is 10.3. The van der Waals surface area contributed by atoms with Crippen LogP contribution in [-0.4, -0.2) is 17.4 Å². The Kier molecular flexibility index (Phi) is 3.08. The van der Waals surface area contributed by atoms with Crippen molar-refractivity contribution in [1.82, 2.24) is 0 Å². The van der Waals surface area contributed by atoms with Crippen LogP contribution in [0.15, 0.2) is 34.9 Å². The van der Waals surface area contributed by atoms with Gasteiger partial charge < -0.3 is 9.52 Å². The number of carboxylic acids is 1. The van der Waals surface area contributed by atoms with Crippen molar-refractivity contribution in [2.75, 3.05) is 0 Å². The average molecular weight is 307 g/mol. The third-order valence-electron chi connectivity index (χ3n) is 2.91. The number of aldehydes is 1. The summed E-state index contributed by atoms with van der Waals surface area (Å²) in [6, 6.07) is 6.56. The van der Waals surface area contributed by atoms with E-state index in [1.807, 2.05) is 0 Å². The number of carboxylic acid groups (broad SMARTS) is 1. The summed E-state index contributed by atoms with van der Waals surface area (Å²) in [5.74, 6) is -0.905. The van der Waals surface area contributed by atoms with Gasteiger partial charge in [0.05, 0.1) is 11.1 Å². The second kappa shape index (κ2) is 4.77. The molecule has 0 spiro atoms. The molecule has 100 valence electrons. The first-order chi connectivity index (χ1) is 9.61. The lowest BCUT2D eigenvalue weighted by Crippen LogP contribution is -1.96. The molecule has 3 rings (SSSR count). The van der Waals surface area contributed by atoms with E-state index in [1.165, 1.54) is 23.7 Å².